The van der Waals surface area contributed by atoms with E-state index in [9.17, 15) is 5.11 Å². The Labute approximate surface area is 105 Å². The van der Waals surface area contributed by atoms with E-state index >= 15 is 0 Å². The number of nitrogens with two attached hydrogens (primary N) is 1. The van der Waals surface area contributed by atoms with Gasteiger partial charge >= 0.3 is 0 Å². The third-order valence-electron chi connectivity index (χ3n) is 2.58. The molecule has 0 radical (unpaired) electrons. The monoisotopic (exact) mass is 252 g/mol. The summed E-state index contributed by atoms with van der Waals surface area (Å²) >= 11 is 0. The fourth-order valence-electron chi connectivity index (χ4n) is 1.77. The molecule has 2 unspecified atom stereocenters. The van der Waals surface area contributed by atoms with Crippen LogP contribution in [0.4, 0.5) is 0 Å². The minimum Gasteiger partial charge on any atom is -1.00 e. The number of quaternary nitrogens is 1. The first kappa shape index (κ1) is 18.2. The molecule has 0 aromatic carbocycles. The number of hydrogen-bond donors (Lipinski definition) is 3. The van der Waals surface area contributed by atoms with Crippen molar-refractivity contribution in [1.82, 2.24) is 0 Å². The van der Waals surface area contributed by atoms with E-state index in [1.807, 2.05) is 6.08 Å². The van der Waals surface area contributed by atoms with E-state index in [2.05, 4.69) is 13.6 Å². The normalized spacial score (nSPS) is 16.0. The lowest BCUT2D eigenvalue weighted by Gasteiger charge is -2.35. The van der Waals surface area contributed by atoms with Crippen molar-refractivity contribution in [3.8, 4) is 0 Å². The second-order valence-electron chi connectivity index (χ2n) is 4.33. The van der Waals surface area contributed by atoms with Crippen molar-refractivity contribution in [2.75, 3.05) is 39.8 Å². The second kappa shape index (κ2) is 10.1. The van der Waals surface area contributed by atoms with Gasteiger partial charge in [-0.2, -0.15) is 0 Å². The zero-order valence-electron chi connectivity index (χ0n) is 10.1. The summed E-state index contributed by atoms with van der Waals surface area (Å²) < 4.78 is 0.714. The smallest absolute Gasteiger partial charge is 0.126 e. The number of halogens is 1. The Hall–Kier alpha value is -0.130. The van der Waals surface area contributed by atoms with Crippen LogP contribution in [0, 0.1) is 0 Å². The molecular formula is C11H25ClN2O2. The average molecular weight is 253 g/mol. The van der Waals surface area contributed by atoms with Crippen LogP contribution >= 0.6 is 0 Å². The molecule has 2 atom stereocenters. The number of aliphatic hydroxyl groups is 2. The van der Waals surface area contributed by atoms with E-state index in [1.54, 1.807) is 0 Å². The molecule has 0 rings (SSSR count). The van der Waals surface area contributed by atoms with Crippen molar-refractivity contribution in [3.63, 3.8) is 0 Å². The van der Waals surface area contributed by atoms with Gasteiger partial charge in [-0.15, -0.1) is 0 Å². The van der Waals surface area contributed by atoms with Gasteiger partial charge < -0.3 is 32.8 Å². The molecule has 0 aliphatic carbocycles. The van der Waals surface area contributed by atoms with Crippen molar-refractivity contribution in [1.29, 1.82) is 0 Å². The lowest BCUT2D eigenvalue weighted by atomic mass is 10.2. The first-order chi connectivity index (χ1) is 7.08. The highest BCUT2D eigenvalue weighted by Gasteiger charge is 2.23. The van der Waals surface area contributed by atoms with Crippen LogP contribution in [-0.4, -0.2) is 60.6 Å². The molecule has 0 fully saturated rings. The molecule has 0 heterocycles. The maximum Gasteiger partial charge on any atom is 0.126 e. The molecule has 0 aromatic rings. The highest BCUT2D eigenvalue weighted by molar-refractivity contribution is 4.66. The van der Waals surface area contributed by atoms with Crippen LogP contribution in [0.5, 0.6) is 0 Å². The summed E-state index contributed by atoms with van der Waals surface area (Å²) in [5, 5.41) is 18.3. The van der Waals surface area contributed by atoms with Gasteiger partial charge in [0.05, 0.1) is 26.7 Å². The van der Waals surface area contributed by atoms with Gasteiger partial charge in [0.15, 0.2) is 0 Å². The average Bonchev–Trinajstić information content (AvgIpc) is 2.18. The minimum atomic E-state index is -0.646. The van der Waals surface area contributed by atoms with Gasteiger partial charge in [0.25, 0.3) is 0 Å². The molecular weight excluding hydrogens is 228 g/mol. The van der Waals surface area contributed by atoms with Gasteiger partial charge in [-0.25, -0.2) is 0 Å². The zero-order valence-corrected chi connectivity index (χ0v) is 10.9. The van der Waals surface area contributed by atoms with Crippen molar-refractivity contribution in [2.45, 2.75) is 18.9 Å². The fourth-order valence-corrected chi connectivity index (χ4v) is 1.77. The Bertz CT molecular complexity index is 181. The summed E-state index contributed by atoms with van der Waals surface area (Å²) in [5.74, 6) is 0. The summed E-state index contributed by atoms with van der Waals surface area (Å²) in [4.78, 5) is 0. The number of unbranched alkanes of at least 4 members (excludes halogenated alkanes) is 1. The van der Waals surface area contributed by atoms with Crippen LogP contribution in [-0.2, 0) is 0 Å². The van der Waals surface area contributed by atoms with Gasteiger partial charge in [-0.3, -0.25) is 0 Å². The molecule has 0 saturated heterocycles. The molecule has 4 nitrogen and oxygen atoms in total. The highest BCUT2D eigenvalue weighted by Crippen LogP contribution is 2.07. The second-order valence-corrected chi connectivity index (χ2v) is 4.33. The van der Waals surface area contributed by atoms with E-state index in [0.717, 1.165) is 25.9 Å². The van der Waals surface area contributed by atoms with Crippen LogP contribution in [0.25, 0.3) is 0 Å². The molecule has 5 heteroatoms. The van der Waals surface area contributed by atoms with E-state index in [4.69, 9.17) is 10.8 Å². The SMILES string of the molecule is C=CC[N+](C)(CCCCN)CC(O)CO.[Cl-]. The third-order valence-corrected chi connectivity index (χ3v) is 2.58. The number of nitrogens with zero attached hydrogens (tertiary/aromatic N) is 1. The van der Waals surface area contributed by atoms with E-state index in [-0.39, 0.29) is 19.0 Å². The molecule has 16 heavy (non-hydrogen) atoms. The lowest BCUT2D eigenvalue weighted by Crippen LogP contribution is -3.00. The van der Waals surface area contributed by atoms with Crippen LogP contribution in [0.1, 0.15) is 12.8 Å². The standard InChI is InChI=1S/C11H25N2O2.ClH/c1-3-7-13(2,8-5-4-6-12)9-11(15)10-14;/h3,11,14-15H,1,4-10,12H2,2H3;1H/q+1;/p-1. The van der Waals surface area contributed by atoms with Crippen LogP contribution < -0.4 is 18.1 Å². The maximum absolute atomic E-state index is 9.45. The van der Waals surface area contributed by atoms with E-state index in [1.165, 1.54) is 0 Å². The van der Waals surface area contributed by atoms with Crippen LogP contribution in [0.15, 0.2) is 12.7 Å². The number of likely N-dealkylation sites (N-methyl/N-ethyl adjacent to an activating group) is 1. The largest absolute Gasteiger partial charge is 1.00 e. The number of aliphatic hydroxyl groups excluding tert-OH is 2. The van der Waals surface area contributed by atoms with Gasteiger partial charge in [0.1, 0.15) is 12.6 Å². The van der Waals surface area contributed by atoms with Crippen molar-refractivity contribution >= 4 is 0 Å². The first-order valence-electron chi connectivity index (χ1n) is 5.51. The molecule has 0 aliphatic rings. The molecule has 0 spiro atoms. The quantitative estimate of drug-likeness (QED) is 0.229. The summed E-state index contributed by atoms with van der Waals surface area (Å²) in [7, 11) is 2.07. The lowest BCUT2D eigenvalue weighted by molar-refractivity contribution is -0.907. The maximum atomic E-state index is 9.45. The predicted molar refractivity (Wildman–Crippen MR) is 62.4 cm³/mol. The van der Waals surface area contributed by atoms with E-state index < -0.39 is 6.10 Å². The molecule has 0 aliphatic heterocycles. The molecule has 98 valence electrons. The highest BCUT2D eigenvalue weighted by atomic mass is 35.5. The zero-order chi connectivity index (χ0) is 11.7. The van der Waals surface area contributed by atoms with E-state index in [0.29, 0.717) is 17.6 Å². The van der Waals surface area contributed by atoms with Crippen molar-refractivity contribution in [3.05, 3.63) is 12.7 Å². The molecule has 4 N–H and O–H groups in total. The summed E-state index contributed by atoms with van der Waals surface area (Å²) in [5.41, 5.74) is 5.44. The Kier molecular flexibility index (Phi) is 11.5. The summed E-state index contributed by atoms with van der Waals surface area (Å²) in [6, 6.07) is 0. The Balaban J connectivity index is 0. The molecule has 0 saturated carbocycles. The summed E-state index contributed by atoms with van der Waals surface area (Å²) in [6.07, 6.45) is 3.25. The minimum absolute atomic E-state index is 0. The Morgan fingerprint density at radius 2 is 2.06 bits per heavy atom. The first-order valence-corrected chi connectivity index (χ1v) is 5.51. The van der Waals surface area contributed by atoms with Gasteiger partial charge in [-0.1, -0.05) is 6.58 Å². The number of hydrogen-bond acceptors (Lipinski definition) is 3. The van der Waals surface area contributed by atoms with Gasteiger partial charge in [0.2, 0.25) is 0 Å². The van der Waals surface area contributed by atoms with Crippen LogP contribution in [0.2, 0.25) is 0 Å². The predicted octanol–water partition coefficient (Wildman–Crippen LogP) is -3.28. The van der Waals surface area contributed by atoms with Crippen LogP contribution in [0.3, 0.4) is 0 Å². The van der Waals surface area contributed by atoms with Gasteiger partial charge in [-0.05, 0) is 25.5 Å². The van der Waals surface area contributed by atoms with Crippen molar-refractivity contribution in [2.24, 2.45) is 5.73 Å². The molecule has 0 aromatic heterocycles. The summed E-state index contributed by atoms with van der Waals surface area (Å²) in [6.45, 7) is 6.58. The number of rotatable bonds is 9. The topological polar surface area (TPSA) is 66.5 Å². The fraction of sp³-hybridized carbons (Fsp3) is 0.818. The third kappa shape index (κ3) is 8.07. The van der Waals surface area contributed by atoms with Crippen molar-refractivity contribution < 1.29 is 27.1 Å². The molecule has 0 amide bonds. The Morgan fingerprint density at radius 1 is 1.44 bits per heavy atom. The van der Waals surface area contributed by atoms with Gasteiger partial charge in [0, 0.05) is 0 Å². The molecule has 0 bridgehead atoms. The Morgan fingerprint density at radius 3 is 2.50 bits per heavy atom.